The van der Waals surface area contributed by atoms with Gasteiger partial charge in [0.15, 0.2) is 0 Å². The normalized spacial score (nSPS) is 13.7. The van der Waals surface area contributed by atoms with Crippen LogP contribution < -0.4 is 0 Å². The minimum atomic E-state index is 1.19. The van der Waals surface area contributed by atoms with Crippen LogP contribution >= 0.6 is 0 Å². The molecule has 252 valence electrons. The van der Waals surface area contributed by atoms with E-state index in [1.54, 1.807) is 22.3 Å². The first-order valence-electron chi connectivity index (χ1n) is 18.9. The van der Waals surface area contributed by atoms with Crippen molar-refractivity contribution < 1.29 is 0 Å². The zero-order valence-corrected chi connectivity index (χ0v) is 30.9. The summed E-state index contributed by atoms with van der Waals surface area (Å²) in [5, 5.41) is 0. The van der Waals surface area contributed by atoms with E-state index >= 15 is 0 Å². The van der Waals surface area contributed by atoms with Gasteiger partial charge >= 0.3 is 0 Å². The third-order valence-corrected chi connectivity index (χ3v) is 8.21. The van der Waals surface area contributed by atoms with Gasteiger partial charge in [0.25, 0.3) is 0 Å². The highest BCUT2D eigenvalue weighted by Crippen LogP contribution is 2.21. The zero-order chi connectivity index (χ0) is 33.8. The van der Waals surface area contributed by atoms with E-state index in [0.29, 0.717) is 0 Å². The molecule has 0 bridgehead atoms. The standard InChI is InChI=1S/C10H12.C9H11N.C9H10.C8H9N.4C2H6/c1-2-6-10-8-4-3-7-9(10)5-1;1-2-6-9-8(4-1)5-3-7-10-9;1-2-5-9-7-3-6-8(9)4-1;1-3-7-4-2-6-9-8(7)5-1;4*1-2/h1-2,5-6H,3-4,7-8H2;3,5,7H,1-2,4,6H2;1-2,4-5H,3,6-7H2;2,4,6H,1,3,5H2;4*1-2H3. The van der Waals surface area contributed by atoms with Gasteiger partial charge in [-0.25, -0.2) is 0 Å². The Morgan fingerprint density at radius 1 is 0.304 bits per heavy atom. The number of aromatic nitrogens is 2. The van der Waals surface area contributed by atoms with Crippen molar-refractivity contribution in [1.82, 2.24) is 9.97 Å². The summed E-state index contributed by atoms with van der Waals surface area (Å²) in [5.41, 5.74) is 11.9. The van der Waals surface area contributed by atoms with E-state index in [0.717, 1.165) is 0 Å². The van der Waals surface area contributed by atoms with Crippen molar-refractivity contribution in [1.29, 1.82) is 0 Å². The Morgan fingerprint density at radius 3 is 0.957 bits per heavy atom. The third-order valence-electron chi connectivity index (χ3n) is 8.21. The first-order valence-corrected chi connectivity index (χ1v) is 18.9. The zero-order valence-electron chi connectivity index (χ0n) is 30.9. The number of rotatable bonds is 0. The van der Waals surface area contributed by atoms with Crippen molar-refractivity contribution in [2.75, 3.05) is 0 Å². The lowest BCUT2D eigenvalue weighted by atomic mass is 9.92. The summed E-state index contributed by atoms with van der Waals surface area (Å²) in [6.07, 6.45) is 21.9. The Labute approximate surface area is 284 Å². The van der Waals surface area contributed by atoms with Gasteiger partial charge in [0, 0.05) is 23.8 Å². The van der Waals surface area contributed by atoms with Crippen molar-refractivity contribution in [3.05, 3.63) is 130 Å². The average Bonchev–Trinajstić information content (AvgIpc) is 3.86. The first kappa shape index (κ1) is 40.8. The van der Waals surface area contributed by atoms with Gasteiger partial charge in [0.1, 0.15) is 0 Å². The van der Waals surface area contributed by atoms with E-state index in [4.69, 9.17) is 0 Å². The summed E-state index contributed by atoms with van der Waals surface area (Å²) in [7, 11) is 0. The third kappa shape index (κ3) is 14.4. The maximum atomic E-state index is 4.32. The van der Waals surface area contributed by atoms with Crippen molar-refractivity contribution in [2.45, 2.75) is 145 Å². The fraction of sp³-hybridized carbons (Fsp3) is 0.500. The molecule has 0 saturated carbocycles. The molecule has 0 saturated heterocycles. The lowest BCUT2D eigenvalue weighted by Crippen LogP contribution is -2.03. The van der Waals surface area contributed by atoms with E-state index in [2.05, 4.69) is 70.6 Å². The SMILES string of the molecule is CC.CC.CC.CC.c1ccc2c(c1)CCC2.c1ccc2c(c1)CCCC2.c1cnc2c(c1)CCC2.c1cnc2c(c1)CCCC2. The van der Waals surface area contributed by atoms with Crippen LogP contribution in [0.4, 0.5) is 0 Å². The summed E-state index contributed by atoms with van der Waals surface area (Å²) in [6.45, 7) is 16.0. The summed E-state index contributed by atoms with van der Waals surface area (Å²) >= 11 is 0. The molecule has 2 nitrogen and oxygen atoms in total. The number of nitrogens with zero attached hydrogens (tertiary/aromatic N) is 2. The smallest absolute Gasteiger partial charge is 0.0435 e. The predicted molar refractivity (Wildman–Crippen MR) is 204 cm³/mol. The van der Waals surface area contributed by atoms with Gasteiger partial charge in [0.05, 0.1) is 0 Å². The summed E-state index contributed by atoms with van der Waals surface area (Å²) in [6, 6.07) is 26.0. The molecule has 2 heteroatoms. The molecular weight excluding hydrogens is 556 g/mol. The van der Waals surface area contributed by atoms with Crippen molar-refractivity contribution >= 4 is 0 Å². The molecule has 2 aromatic heterocycles. The van der Waals surface area contributed by atoms with Crippen LogP contribution in [0.3, 0.4) is 0 Å². The molecule has 0 radical (unpaired) electrons. The fourth-order valence-electron chi connectivity index (χ4n) is 6.09. The molecule has 4 aromatic rings. The van der Waals surface area contributed by atoms with Gasteiger partial charge in [-0.05, 0) is 135 Å². The maximum absolute atomic E-state index is 4.32. The van der Waals surface area contributed by atoms with Gasteiger partial charge in [-0.1, -0.05) is 116 Å². The quantitative estimate of drug-likeness (QED) is 0.195. The van der Waals surface area contributed by atoms with Crippen LogP contribution in [0.1, 0.15) is 139 Å². The van der Waals surface area contributed by atoms with E-state index in [9.17, 15) is 0 Å². The van der Waals surface area contributed by atoms with Crippen LogP contribution in [-0.2, 0) is 51.4 Å². The molecule has 0 aliphatic heterocycles. The number of hydrogen-bond donors (Lipinski definition) is 0. The van der Waals surface area contributed by atoms with Crippen LogP contribution in [0.25, 0.3) is 0 Å². The second kappa shape index (κ2) is 26.9. The van der Waals surface area contributed by atoms with Crippen LogP contribution in [0.2, 0.25) is 0 Å². The highest BCUT2D eigenvalue weighted by molar-refractivity contribution is 5.31. The fourth-order valence-corrected chi connectivity index (χ4v) is 6.09. The van der Waals surface area contributed by atoms with E-state index < -0.39 is 0 Å². The van der Waals surface area contributed by atoms with E-state index in [1.165, 1.54) is 112 Å². The molecule has 4 aliphatic rings. The second-order valence-electron chi connectivity index (χ2n) is 10.9. The number of pyridine rings is 2. The Morgan fingerprint density at radius 2 is 0.565 bits per heavy atom. The van der Waals surface area contributed by atoms with Gasteiger partial charge in [0.2, 0.25) is 0 Å². The largest absolute Gasteiger partial charge is 0.261 e. The Balaban J connectivity index is 0.000000286. The van der Waals surface area contributed by atoms with Gasteiger partial charge < -0.3 is 0 Å². The molecule has 0 unspecified atom stereocenters. The highest BCUT2D eigenvalue weighted by atomic mass is 14.7. The molecule has 0 N–H and O–H groups in total. The highest BCUT2D eigenvalue weighted by Gasteiger charge is 2.10. The van der Waals surface area contributed by atoms with E-state index in [-0.39, 0.29) is 0 Å². The molecule has 8 rings (SSSR count). The summed E-state index contributed by atoms with van der Waals surface area (Å²) in [5.74, 6) is 0. The molecular formula is C44H66N2. The molecule has 0 atom stereocenters. The Hall–Kier alpha value is -3.26. The minimum Gasteiger partial charge on any atom is -0.261 e. The number of aryl methyl sites for hydroxylation is 8. The van der Waals surface area contributed by atoms with Gasteiger partial charge in [-0.2, -0.15) is 0 Å². The molecule has 4 aliphatic carbocycles. The average molecular weight is 623 g/mol. The molecule has 2 aromatic carbocycles. The lowest BCUT2D eigenvalue weighted by Gasteiger charge is -2.13. The molecule has 0 amide bonds. The predicted octanol–water partition coefficient (Wildman–Crippen LogP) is 12.4. The molecule has 46 heavy (non-hydrogen) atoms. The molecule has 0 spiro atoms. The Kier molecular flexibility index (Phi) is 23.8. The van der Waals surface area contributed by atoms with Crippen molar-refractivity contribution in [2.24, 2.45) is 0 Å². The van der Waals surface area contributed by atoms with Crippen LogP contribution in [0.5, 0.6) is 0 Å². The number of hydrogen-bond acceptors (Lipinski definition) is 2. The van der Waals surface area contributed by atoms with Gasteiger partial charge in [-0.15, -0.1) is 0 Å². The van der Waals surface area contributed by atoms with Crippen molar-refractivity contribution in [3.63, 3.8) is 0 Å². The van der Waals surface area contributed by atoms with E-state index in [1.807, 2.05) is 79.9 Å². The molecule has 2 heterocycles. The van der Waals surface area contributed by atoms with Gasteiger partial charge in [-0.3, -0.25) is 9.97 Å². The second-order valence-corrected chi connectivity index (χ2v) is 10.9. The first-order chi connectivity index (χ1) is 22.9. The molecule has 0 fully saturated rings. The van der Waals surface area contributed by atoms with Crippen molar-refractivity contribution in [3.8, 4) is 0 Å². The van der Waals surface area contributed by atoms with Crippen LogP contribution in [0.15, 0.2) is 85.2 Å². The monoisotopic (exact) mass is 623 g/mol. The Bertz CT molecular complexity index is 1100. The van der Waals surface area contributed by atoms with Crippen LogP contribution in [-0.4, -0.2) is 9.97 Å². The summed E-state index contributed by atoms with van der Waals surface area (Å²) in [4.78, 5) is 8.58. The summed E-state index contributed by atoms with van der Waals surface area (Å²) < 4.78 is 0. The maximum Gasteiger partial charge on any atom is 0.0435 e. The number of benzene rings is 2. The lowest BCUT2D eigenvalue weighted by molar-refractivity contribution is 0.668. The minimum absolute atomic E-state index is 1.19. The number of fused-ring (bicyclic) bond motifs is 4. The topological polar surface area (TPSA) is 25.8 Å². The van der Waals surface area contributed by atoms with Crippen LogP contribution in [0, 0.1) is 0 Å².